The number of carbonyl (C=O) groups is 1. The first-order valence-electron chi connectivity index (χ1n) is 8.50. The van der Waals surface area contributed by atoms with Gasteiger partial charge in [0.15, 0.2) is 0 Å². The number of carbonyl (C=O) groups excluding carboxylic acids is 1. The molecular formula is C18H21N3O2S. The standard InChI is InChI=1S/C18H21N3O2S/c1-4-23-18(22)15-10(2)14-16(19-11(3)20-17(14)24-15)21-12-6-5-7-13(21)9-8-12/h5-6,12-13H,4,7-9H2,1-3H3/t12-,13-/m0/s1. The van der Waals surface area contributed by atoms with Crippen molar-refractivity contribution in [2.45, 2.75) is 52.1 Å². The van der Waals surface area contributed by atoms with Crippen molar-refractivity contribution in [1.82, 2.24) is 9.97 Å². The molecule has 0 aliphatic carbocycles. The number of rotatable bonds is 3. The van der Waals surface area contributed by atoms with Crippen molar-refractivity contribution in [3.05, 3.63) is 28.4 Å². The van der Waals surface area contributed by atoms with Gasteiger partial charge < -0.3 is 9.64 Å². The van der Waals surface area contributed by atoms with Crippen LogP contribution in [0.3, 0.4) is 0 Å². The van der Waals surface area contributed by atoms with E-state index in [1.807, 2.05) is 20.8 Å². The molecule has 126 valence electrons. The van der Waals surface area contributed by atoms with Crippen LogP contribution in [-0.2, 0) is 4.74 Å². The molecule has 1 saturated heterocycles. The largest absolute Gasteiger partial charge is 0.462 e. The fraction of sp³-hybridized carbons (Fsp3) is 0.500. The normalized spacial score (nSPS) is 22.4. The highest BCUT2D eigenvalue weighted by molar-refractivity contribution is 7.20. The maximum Gasteiger partial charge on any atom is 0.348 e. The van der Waals surface area contributed by atoms with Crippen molar-refractivity contribution in [2.24, 2.45) is 0 Å². The molecule has 2 aromatic rings. The van der Waals surface area contributed by atoms with Crippen LogP contribution in [0.2, 0.25) is 0 Å². The molecule has 6 heteroatoms. The van der Waals surface area contributed by atoms with E-state index in [9.17, 15) is 4.79 Å². The van der Waals surface area contributed by atoms with E-state index in [0.717, 1.165) is 33.8 Å². The molecule has 0 N–H and O–H groups in total. The van der Waals surface area contributed by atoms with Crippen molar-refractivity contribution < 1.29 is 9.53 Å². The Kier molecular flexibility index (Phi) is 3.79. The van der Waals surface area contributed by atoms with E-state index in [1.165, 1.54) is 24.2 Å². The summed E-state index contributed by atoms with van der Waals surface area (Å²) in [6.45, 7) is 6.11. The minimum absolute atomic E-state index is 0.261. The number of nitrogens with zero attached hydrogens (tertiary/aromatic N) is 3. The van der Waals surface area contributed by atoms with E-state index in [-0.39, 0.29) is 5.97 Å². The van der Waals surface area contributed by atoms with E-state index >= 15 is 0 Å². The van der Waals surface area contributed by atoms with Gasteiger partial charge in [0.1, 0.15) is 21.3 Å². The quantitative estimate of drug-likeness (QED) is 0.627. The van der Waals surface area contributed by atoms with Gasteiger partial charge in [-0.2, -0.15) is 0 Å². The number of anilines is 1. The summed E-state index contributed by atoms with van der Waals surface area (Å²) in [7, 11) is 0. The fourth-order valence-corrected chi connectivity index (χ4v) is 4.97. The molecule has 0 spiro atoms. The highest BCUT2D eigenvalue weighted by Gasteiger charge is 2.36. The van der Waals surface area contributed by atoms with E-state index in [1.54, 1.807) is 0 Å². The number of ether oxygens (including phenoxy) is 1. The van der Waals surface area contributed by atoms with Crippen molar-refractivity contribution in [3.8, 4) is 0 Å². The molecule has 2 aliphatic heterocycles. The van der Waals surface area contributed by atoms with E-state index < -0.39 is 0 Å². The minimum Gasteiger partial charge on any atom is -0.462 e. The van der Waals surface area contributed by atoms with Crippen molar-refractivity contribution in [3.63, 3.8) is 0 Å². The van der Waals surface area contributed by atoms with Gasteiger partial charge in [0.25, 0.3) is 0 Å². The molecule has 2 bridgehead atoms. The zero-order chi connectivity index (χ0) is 16.8. The summed E-state index contributed by atoms with van der Waals surface area (Å²) in [6.07, 6.45) is 8.00. The fourth-order valence-electron chi connectivity index (χ4n) is 3.85. The van der Waals surface area contributed by atoms with Gasteiger partial charge in [0.05, 0.1) is 12.0 Å². The number of esters is 1. The number of aromatic nitrogens is 2. The first kappa shape index (κ1) is 15.6. The van der Waals surface area contributed by atoms with Crippen molar-refractivity contribution in [1.29, 1.82) is 0 Å². The predicted octanol–water partition coefficient (Wildman–Crippen LogP) is 3.78. The zero-order valence-electron chi connectivity index (χ0n) is 14.2. The molecule has 4 heterocycles. The predicted molar refractivity (Wildman–Crippen MR) is 95.9 cm³/mol. The molecule has 0 unspecified atom stereocenters. The van der Waals surface area contributed by atoms with Crippen molar-refractivity contribution in [2.75, 3.05) is 11.5 Å². The van der Waals surface area contributed by atoms with Gasteiger partial charge >= 0.3 is 5.97 Å². The third-order valence-electron chi connectivity index (χ3n) is 4.90. The molecule has 0 aromatic carbocycles. The summed E-state index contributed by atoms with van der Waals surface area (Å²) < 4.78 is 5.21. The van der Waals surface area contributed by atoms with Gasteiger partial charge in [-0.05, 0) is 45.6 Å². The monoisotopic (exact) mass is 343 g/mol. The summed E-state index contributed by atoms with van der Waals surface area (Å²) in [5.74, 6) is 1.48. The lowest BCUT2D eigenvalue weighted by atomic mass is 10.1. The second-order valence-corrected chi connectivity index (χ2v) is 7.42. The molecular weight excluding hydrogens is 322 g/mol. The third-order valence-corrected chi connectivity index (χ3v) is 6.07. The minimum atomic E-state index is -0.261. The Morgan fingerprint density at radius 1 is 1.38 bits per heavy atom. The summed E-state index contributed by atoms with van der Waals surface area (Å²) in [5.41, 5.74) is 0.942. The van der Waals surface area contributed by atoms with Crippen LogP contribution < -0.4 is 4.90 Å². The second kappa shape index (κ2) is 5.84. The number of thiophene rings is 1. The second-order valence-electron chi connectivity index (χ2n) is 6.42. The van der Waals surface area contributed by atoms with Crippen LogP contribution >= 0.6 is 11.3 Å². The van der Waals surface area contributed by atoms with Crippen LogP contribution in [0.15, 0.2) is 12.2 Å². The lowest BCUT2D eigenvalue weighted by Crippen LogP contribution is -2.38. The Balaban J connectivity index is 1.89. The highest BCUT2D eigenvalue weighted by Crippen LogP contribution is 2.42. The summed E-state index contributed by atoms with van der Waals surface area (Å²) in [4.78, 5) is 25.6. The number of hydrogen-bond donors (Lipinski definition) is 0. The van der Waals surface area contributed by atoms with Gasteiger partial charge in [-0.3, -0.25) is 0 Å². The lowest BCUT2D eigenvalue weighted by Gasteiger charge is -2.33. The Hall–Kier alpha value is -1.95. The Morgan fingerprint density at radius 2 is 2.21 bits per heavy atom. The Morgan fingerprint density at radius 3 is 2.96 bits per heavy atom. The van der Waals surface area contributed by atoms with Gasteiger partial charge in [0.2, 0.25) is 0 Å². The maximum atomic E-state index is 12.3. The van der Waals surface area contributed by atoms with Crippen LogP contribution in [0.1, 0.15) is 47.2 Å². The molecule has 0 amide bonds. The Bertz CT molecular complexity index is 842. The van der Waals surface area contributed by atoms with Crippen LogP contribution in [0, 0.1) is 13.8 Å². The summed E-state index contributed by atoms with van der Waals surface area (Å²) in [5, 5.41) is 1.01. The highest BCUT2D eigenvalue weighted by atomic mass is 32.1. The molecule has 0 radical (unpaired) electrons. The van der Waals surface area contributed by atoms with Gasteiger partial charge in [-0.25, -0.2) is 14.8 Å². The number of fused-ring (bicyclic) bond motifs is 3. The molecule has 2 atom stereocenters. The first-order valence-corrected chi connectivity index (χ1v) is 9.31. The molecule has 2 aromatic heterocycles. The van der Waals surface area contributed by atoms with Gasteiger partial charge in [-0.1, -0.05) is 12.2 Å². The lowest BCUT2D eigenvalue weighted by molar-refractivity contribution is 0.0531. The van der Waals surface area contributed by atoms with E-state index in [4.69, 9.17) is 9.72 Å². The van der Waals surface area contributed by atoms with Crippen LogP contribution in [0.4, 0.5) is 5.82 Å². The van der Waals surface area contributed by atoms with Gasteiger partial charge in [-0.15, -0.1) is 11.3 Å². The Labute approximate surface area is 145 Å². The van der Waals surface area contributed by atoms with E-state index in [2.05, 4.69) is 22.0 Å². The first-order chi connectivity index (χ1) is 11.6. The summed E-state index contributed by atoms with van der Waals surface area (Å²) >= 11 is 1.42. The average Bonchev–Trinajstić information content (AvgIpc) is 3.00. The molecule has 5 nitrogen and oxygen atoms in total. The number of hydrogen-bond acceptors (Lipinski definition) is 6. The molecule has 24 heavy (non-hydrogen) atoms. The van der Waals surface area contributed by atoms with Crippen LogP contribution in [0.25, 0.3) is 10.2 Å². The van der Waals surface area contributed by atoms with Crippen LogP contribution in [-0.4, -0.2) is 34.6 Å². The van der Waals surface area contributed by atoms with E-state index in [0.29, 0.717) is 23.6 Å². The average molecular weight is 343 g/mol. The molecule has 4 rings (SSSR count). The topological polar surface area (TPSA) is 55.3 Å². The smallest absolute Gasteiger partial charge is 0.348 e. The molecule has 2 aliphatic rings. The zero-order valence-corrected chi connectivity index (χ0v) is 15.0. The van der Waals surface area contributed by atoms with Crippen molar-refractivity contribution >= 4 is 33.3 Å². The third kappa shape index (κ3) is 2.32. The van der Waals surface area contributed by atoms with Crippen LogP contribution in [0.5, 0.6) is 0 Å². The summed E-state index contributed by atoms with van der Waals surface area (Å²) in [6, 6.07) is 0.912. The molecule has 0 saturated carbocycles. The molecule has 1 fully saturated rings. The maximum absolute atomic E-state index is 12.3. The SMILES string of the molecule is CCOC(=O)c1sc2nc(C)nc(N3[C@H]4CC=C[C@H]3CC4)c2c1C. The van der Waals surface area contributed by atoms with Gasteiger partial charge in [0, 0.05) is 12.1 Å². The number of aryl methyl sites for hydroxylation is 2.